The van der Waals surface area contributed by atoms with E-state index in [4.69, 9.17) is 10.5 Å². The topological polar surface area (TPSA) is 88.5 Å². The normalized spacial score (nSPS) is 31.3. The highest BCUT2D eigenvalue weighted by molar-refractivity contribution is 6.07. The van der Waals surface area contributed by atoms with E-state index in [9.17, 15) is 4.79 Å². The first-order valence-electron chi connectivity index (χ1n) is 12.0. The monoisotopic (exact) mass is 406 g/mol. The van der Waals surface area contributed by atoms with Crippen LogP contribution in [-0.4, -0.2) is 53.7 Å². The third kappa shape index (κ3) is 5.94. The summed E-state index contributed by atoms with van der Waals surface area (Å²) in [5, 5.41) is 24.2. The molecule has 6 nitrogen and oxygen atoms in total. The number of rotatable bonds is 10. The van der Waals surface area contributed by atoms with Crippen molar-refractivity contribution in [3.63, 3.8) is 0 Å². The number of nitrogens with one attached hydrogen (secondary N) is 3. The van der Waals surface area contributed by atoms with E-state index in [0.717, 1.165) is 51.0 Å². The molecule has 4 N–H and O–H groups in total. The molecule has 3 rings (SSSR count). The second kappa shape index (κ2) is 10.8. The molecule has 0 radical (unpaired) electrons. The molecule has 6 heteroatoms. The van der Waals surface area contributed by atoms with E-state index in [-0.39, 0.29) is 18.5 Å². The predicted octanol–water partition coefficient (Wildman–Crippen LogP) is 3.39. The maximum atomic E-state index is 13.2. The van der Waals surface area contributed by atoms with Crippen molar-refractivity contribution in [3.05, 3.63) is 0 Å². The smallest absolute Gasteiger partial charge is 0.254 e. The lowest BCUT2D eigenvalue weighted by Crippen LogP contribution is -2.49. The Hall–Kier alpha value is -1.14. The Morgan fingerprint density at radius 1 is 1.14 bits per heavy atom. The fourth-order valence-electron chi connectivity index (χ4n) is 5.82. The van der Waals surface area contributed by atoms with Gasteiger partial charge in [0, 0.05) is 19.7 Å². The van der Waals surface area contributed by atoms with Crippen LogP contribution in [-0.2, 0) is 4.79 Å². The molecule has 29 heavy (non-hydrogen) atoms. The van der Waals surface area contributed by atoms with Gasteiger partial charge in [0.2, 0.25) is 0 Å². The van der Waals surface area contributed by atoms with Gasteiger partial charge in [-0.15, -0.1) is 0 Å². The minimum Gasteiger partial charge on any atom is -0.396 e. The van der Waals surface area contributed by atoms with Gasteiger partial charge in [0.05, 0.1) is 0 Å². The molecule has 2 aliphatic carbocycles. The highest BCUT2D eigenvalue weighted by Gasteiger charge is 2.49. The average Bonchev–Trinajstić information content (AvgIpc) is 2.95. The Morgan fingerprint density at radius 2 is 1.90 bits per heavy atom. The largest absolute Gasteiger partial charge is 0.396 e. The molecule has 0 spiro atoms. The van der Waals surface area contributed by atoms with Crippen LogP contribution in [0.3, 0.4) is 0 Å². The summed E-state index contributed by atoms with van der Waals surface area (Å²) in [4.78, 5) is 14.7. The van der Waals surface area contributed by atoms with Crippen molar-refractivity contribution in [1.82, 2.24) is 15.5 Å². The summed E-state index contributed by atoms with van der Waals surface area (Å²) in [5.74, 6) is 1.66. The molecule has 0 aromatic carbocycles. The first-order chi connectivity index (χ1) is 14.0. The number of aliphatic hydroxyl groups excluding tert-OH is 1. The van der Waals surface area contributed by atoms with E-state index in [1.54, 1.807) is 7.05 Å². The zero-order valence-electron chi connectivity index (χ0n) is 18.3. The molecule has 2 saturated carbocycles. The number of carbonyl (C=O) groups is 1. The van der Waals surface area contributed by atoms with Gasteiger partial charge in [-0.05, 0) is 63.3 Å². The summed E-state index contributed by atoms with van der Waals surface area (Å²) in [6.45, 7) is 1.24. The van der Waals surface area contributed by atoms with Crippen LogP contribution in [0, 0.1) is 17.2 Å². The molecule has 3 atom stereocenters. The predicted molar refractivity (Wildman–Crippen MR) is 117 cm³/mol. The highest BCUT2D eigenvalue weighted by Crippen LogP contribution is 2.38. The third-order valence-electron chi connectivity index (χ3n) is 7.55. The molecule has 1 aliphatic heterocycles. The van der Waals surface area contributed by atoms with E-state index in [2.05, 4.69) is 10.6 Å². The van der Waals surface area contributed by atoms with Gasteiger partial charge in [-0.2, -0.15) is 0 Å². The zero-order chi connectivity index (χ0) is 20.7. The van der Waals surface area contributed by atoms with Gasteiger partial charge >= 0.3 is 0 Å². The van der Waals surface area contributed by atoms with Gasteiger partial charge < -0.3 is 15.7 Å². The summed E-state index contributed by atoms with van der Waals surface area (Å²) in [6, 6.07) is 0.525. The molecule has 0 bridgehead atoms. The van der Waals surface area contributed by atoms with Crippen molar-refractivity contribution in [2.75, 3.05) is 20.2 Å². The molecule has 3 fully saturated rings. The number of likely N-dealkylation sites (N-methyl/N-ethyl adjacent to an activating group) is 1. The lowest BCUT2D eigenvalue weighted by Gasteiger charge is -2.37. The molecular weight excluding hydrogens is 364 g/mol. The third-order valence-corrected chi connectivity index (χ3v) is 7.55. The summed E-state index contributed by atoms with van der Waals surface area (Å²) < 4.78 is 0. The minimum atomic E-state index is -0.563. The van der Waals surface area contributed by atoms with E-state index in [1.165, 1.54) is 56.3 Å². The Morgan fingerprint density at radius 3 is 2.59 bits per heavy atom. The van der Waals surface area contributed by atoms with Gasteiger partial charge in [-0.25, -0.2) is 0 Å². The maximum Gasteiger partial charge on any atom is 0.254 e. The second-order valence-corrected chi connectivity index (χ2v) is 9.78. The molecule has 3 aliphatic rings. The van der Waals surface area contributed by atoms with Gasteiger partial charge in [0.15, 0.2) is 5.96 Å². The van der Waals surface area contributed by atoms with E-state index in [0.29, 0.717) is 12.0 Å². The molecule has 1 heterocycles. The van der Waals surface area contributed by atoms with Crippen LogP contribution in [0.15, 0.2) is 0 Å². The molecule has 166 valence electrons. The first-order valence-corrected chi connectivity index (χ1v) is 12.0. The molecule has 1 saturated heterocycles. The van der Waals surface area contributed by atoms with Crippen molar-refractivity contribution < 1.29 is 9.90 Å². The van der Waals surface area contributed by atoms with Gasteiger partial charge in [-0.3, -0.25) is 15.1 Å². The fraction of sp³-hybridized carbons (Fsp3) is 0.913. The number of hydrogen-bond acceptors (Lipinski definition) is 4. The van der Waals surface area contributed by atoms with E-state index >= 15 is 0 Å². The van der Waals surface area contributed by atoms with Crippen molar-refractivity contribution in [2.24, 2.45) is 11.8 Å². The quantitative estimate of drug-likeness (QED) is 0.419. The van der Waals surface area contributed by atoms with Gasteiger partial charge in [-0.1, -0.05) is 44.9 Å². The Bertz CT molecular complexity index is 549. The van der Waals surface area contributed by atoms with Crippen LogP contribution in [0.5, 0.6) is 0 Å². The van der Waals surface area contributed by atoms with Crippen molar-refractivity contribution >= 4 is 11.9 Å². The average molecular weight is 407 g/mol. The number of amides is 1. The van der Waals surface area contributed by atoms with Crippen LogP contribution in [0.4, 0.5) is 0 Å². The van der Waals surface area contributed by atoms with Crippen molar-refractivity contribution in [1.29, 1.82) is 5.41 Å². The zero-order valence-corrected chi connectivity index (χ0v) is 18.3. The Balaban J connectivity index is 1.59. The van der Waals surface area contributed by atoms with Crippen molar-refractivity contribution in [2.45, 2.75) is 101 Å². The Labute approximate surface area is 176 Å². The molecule has 0 aromatic heterocycles. The van der Waals surface area contributed by atoms with E-state index < -0.39 is 5.54 Å². The van der Waals surface area contributed by atoms with Crippen LogP contribution in [0.2, 0.25) is 0 Å². The van der Waals surface area contributed by atoms with E-state index in [1.807, 2.05) is 0 Å². The SMILES string of the molecule is CN1C(=N)N[C@](CCC2CCCCC2)(C[C@@H]2CCC[C@H](NCCCCO)C2)C1=O. The number of carbonyl (C=O) groups excluding carboxylic acids is 1. The number of guanidine groups is 1. The Kier molecular flexibility index (Phi) is 8.36. The fourth-order valence-corrected chi connectivity index (χ4v) is 5.82. The van der Waals surface area contributed by atoms with Crippen LogP contribution >= 0.6 is 0 Å². The number of nitrogens with zero attached hydrogens (tertiary/aromatic N) is 1. The highest BCUT2D eigenvalue weighted by atomic mass is 16.3. The number of unbranched alkanes of at least 4 members (excludes halogenated alkanes) is 1. The number of aliphatic hydroxyl groups is 1. The summed E-state index contributed by atoms with van der Waals surface area (Å²) in [7, 11) is 1.74. The van der Waals surface area contributed by atoms with Crippen LogP contribution in [0.1, 0.15) is 89.9 Å². The van der Waals surface area contributed by atoms with Crippen LogP contribution in [0.25, 0.3) is 0 Å². The molecule has 0 aromatic rings. The summed E-state index contributed by atoms with van der Waals surface area (Å²) >= 11 is 0. The second-order valence-electron chi connectivity index (χ2n) is 9.78. The molecule has 0 unspecified atom stereocenters. The van der Waals surface area contributed by atoms with Crippen molar-refractivity contribution in [3.8, 4) is 0 Å². The lowest BCUT2D eigenvalue weighted by atomic mass is 9.74. The number of hydrogen-bond donors (Lipinski definition) is 4. The summed E-state index contributed by atoms with van der Waals surface area (Å²) in [6.07, 6.45) is 16.1. The molecular formula is C23H42N4O2. The minimum absolute atomic E-state index is 0.108. The first kappa shape index (κ1) is 22.5. The van der Waals surface area contributed by atoms with Gasteiger partial charge in [0.25, 0.3) is 5.91 Å². The molecule has 1 amide bonds. The van der Waals surface area contributed by atoms with Crippen LogP contribution < -0.4 is 10.6 Å². The van der Waals surface area contributed by atoms with Gasteiger partial charge in [0.1, 0.15) is 5.54 Å². The standard InChI is InChI=1S/C23H42N4O2/c1-27-21(29)23(26-22(27)24,13-12-18-8-3-2-4-9-18)17-19-10-7-11-20(16-19)25-14-5-6-15-28/h18-20,25,28H,2-17H2,1H3,(H2,24,26)/t19-,20+,23-/m1/s1. The lowest BCUT2D eigenvalue weighted by molar-refractivity contribution is -0.131. The summed E-state index contributed by atoms with van der Waals surface area (Å²) in [5.41, 5.74) is -0.563. The maximum absolute atomic E-state index is 13.2.